The van der Waals surface area contributed by atoms with Crippen molar-refractivity contribution in [3.8, 4) is 0 Å². The van der Waals surface area contributed by atoms with E-state index in [-0.39, 0.29) is 21.8 Å². The van der Waals surface area contributed by atoms with Crippen molar-refractivity contribution in [2.45, 2.75) is 32.0 Å². The second-order valence-corrected chi connectivity index (χ2v) is 5.74. The van der Waals surface area contributed by atoms with Gasteiger partial charge in [-0.05, 0) is 31.7 Å². The highest BCUT2D eigenvalue weighted by molar-refractivity contribution is 6.34. The van der Waals surface area contributed by atoms with E-state index in [2.05, 4.69) is 10.2 Å². The van der Waals surface area contributed by atoms with Crippen LogP contribution in [-0.2, 0) is 0 Å². The quantitative estimate of drug-likeness (QED) is 0.840. The van der Waals surface area contributed by atoms with Crippen LogP contribution in [0.1, 0.15) is 30.1 Å². The first-order valence-electron chi connectivity index (χ1n) is 6.25. The van der Waals surface area contributed by atoms with E-state index < -0.39 is 24.7 Å². The molecular weight excluding hydrogens is 330 g/mol. The van der Waals surface area contributed by atoms with Gasteiger partial charge in [-0.2, -0.15) is 13.2 Å². The molecular formula is C12H12Cl2F3N3O. The zero-order valence-electron chi connectivity index (χ0n) is 11.0. The molecule has 21 heavy (non-hydrogen) atoms. The van der Waals surface area contributed by atoms with Gasteiger partial charge in [0.05, 0.1) is 5.56 Å². The predicted molar refractivity (Wildman–Crippen MR) is 71.3 cm³/mol. The van der Waals surface area contributed by atoms with Crippen LogP contribution in [-0.4, -0.2) is 39.8 Å². The number of hydrogen-bond donors (Lipinski definition) is 0. The molecule has 0 spiro atoms. The lowest BCUT2D eigenvalue weighted by Gasteiger charge is -2.30. The summed E-state index contributed by atoms with van der Waals surface area (Å²) in [5.41, 5.74) is -0.173. The van der Waals surface area contributed by atoms with Gasteiger partial charge in [-0.1, -0.05) is 23.2 Å². The van der Waals surface area contributed by atoms with Crippen molar-refractivity contribution in [1.82, 2.24) is 15.1 Å². The number of halogens is 5. The standard InChI is InChI=1S/C12H12Cl2F3N3O/c1-6(7-2-3-7)20(5-12(15,16)17)11(21)8-4-9(13)18-19-10(8)14/h4,6-7H,2-3,5H2,1H3. The van der Waals surface area contributed by atoms with Crippen molar-refractivity contribution in [3.05, 3.63) is 21.9 Å². The lowest BCUT2D eigenvalue weighted by Crippen LogP contribution is -2.45. The number of rotatable bonds is 4. The number of aromatic nitrogens is 2. The van der Waals surface area contributed by atoms with Crippen molar-refractivity contribution >= 4 is 29.1 Å². The third-order valence-electron chi connectivity index (χ3n) is 3.36. The molecule has 0 saturated heterocycles. The monoisotopic (exact) mass is 341 g/mol. The Bertz CT molecular complexity index is 549. The number of amides is 1. The molecule has 4 nitrogen and oxygen atoms in total. The number of hydrogen-bond acceptors (Lipinski definition) is 3. The molecule has 1 aromatic heterocycles. The Morgan fingerprint density at radius 1 is 1.43 bits per heavy atom. The van der Waals surface area contributed by atoms with Crippen LogP contribution in [0.4, 0.5) is 13.2 Å². The normalized spacial score (nSPS) is 16.7. The summed E-state index contributed by atoms with van der Waals surface area (Å²) in [5.74, 6) is -0.756. The summed E-state index contributed by atoms with van der Waals surface area (Å²) in [6.07, 6.45) is -2.87. The number of nitrogens with zero attached hydrogens (tertiary/aromatic N) is 3. The number of carbonyl (C=O) groups excluding carboxylic acids is 1. The molecule has 1 saturated carbocycles. The van der Waals surface area contributed by atoms with Gasteiger partial charge in [0.25, 0.3) is 5.91 Å². The largest absolute Gasteiger partial charge is 0.406 e. The number of alkyl halides is 3. The van der Waals surface area contributed by atoms with Crippen LogP contribution in [0.2, 0.25) is 10.3 Å². The highest BCUT2D eigenvalue weighted by Gasteiger charge is 2.41. The lowest BCUT2D eigenvalue weighted by molar-refractivity contribution is -0.144. The summed E-state index contributed by atoms with van der Waals surface area (Å²) in [5, 5.41) is 6.52. The van der Waals surface area contributed by atoms with E-state index in [1.165, 1.54) is 0 Å². The van der Waals surface area contributed by atoms with Crippen molar-refractivity contribution in [3.63, 3.8) is 0 Å². The highest BCUT2D eigenvalue weighted by atomic mass is 35.5. The van der Waals surface area contributed by atoms with E-state index >= 15 is 0 Å². The topological polar surface area (TPSA) is 46.1 Å². The second kappa shape index (κ2) is 5.96. The maximum Gasteiger partial charge on any atom is 0.406 e. The van der Waals surface area contributed by atoms with Crippen LogP contribution < -0.4 is 0 Å². The van der Waals surface area contributed by atoms with E-state index in [0.29, 0.717) is 0 Å². The Labute approximate surface area is 129 Å². The molecule has 1 unspecified atom stereocenters. The van der Waals surface area contributed by atoms with E-state index in [0.717, 1.165) is 23.8 Å². The van der Waals surface area contributed by atoms with E-state index in [4.69, 9.17) is 23.2 Å². The van der Waals surface area contributed by atoms with Crippen molar-refractivity contribution in [1.29, 1.82) is 0 Å². The van der Waals surface area contributed by atoms with Crippen molar-refractivity contribution in [2.75, 3.05) is 6.54 Å². The molecule has 1 aromatic rings. The Kier molecular flexibility index (Phi) is 4.63. The SMILES string of the molecule is CC(C1CC1)N(CC(F)(F)F)C(=O)c1cc(Cl)nnc1Cl. The first kappa shape index (κ1) is 16.3. The Morgan fingerprint density at radius 3 is 2.57 bits per heavy atom. The van der Waals surface area contributed by atoms with Gasteiger partial charge in [-0.25, -0.2) is 0 Å². The van der Waals surface area contributed by atoms with Gasteiger partial charge in [-0.3, -0.25) is 4.79 Å². The third-order valence-corrected chi connectivity index (χ3v) is 3.82. The summed E-state index contributed by atoms with van der Waals surface area (Å²) in [7, 11) is 0. The summed E-state index contributed by atoms with van der Waals surface area (Å²) < 4.78 is 38.2. The Morgan fingerprint density at radius 2 is 2.05 bits per heavy atom. The first-order chi connectivity index (χ1) is 9.69. The van der Waals surface area contributed by atoms with Gasteiger partial charge in [0, 0.05) is 6.04 Å². The fourth-order valence-electron chi connectivity index (χ4n) is 2.08. The molecule has 0 aliphatic heterocycles. The van der Waals surface area contributed by atoms with E-state index in [1.807, 2.05) is 0 Å². The summed E-state index contributed by atoms with van der Waals surface area (Å²) >= 11 is 11.4. The summed E-state index contributed by atoms with van der Waals surface area (Å²) in [6.45, 7) is 0.269. The van der Waals surface area contributed by atoms with Gasteiger partial charge in [-0.15, -0.1) is 10.2 Å². The summed E-state index contributed by atoms with van der Waals surface area (Å²) in [6, 6.07) is 0.601. The smallest absolute Gasteiger partial charge is 0.326 e. The van der Waals surface area contributed by atoms with Crippen molar-refractivity contribution in [2.24, 2.45) is 5.92 Å². The molecule has 2 rings (SSSR count). The fourth-order valence-corrected chi connectivity index (χ4v) is 2.40. The molecule has 1 aliphatic carbocycles. The zero-order valence-corrected chi connectivity index (χ0v) is 12.5. The van der Waals surface area contributed by atoms with Crippen LogP contribution in [0.15, 0.2) is 6.07 Å². The molecule has 0 N–H and O–H groups in total. The van der Waals surface area contributed by atoms with Gasteiger partial charge in [0.15, 0.2) is 10.3 Å². The molecule has 9 heteroatoms. The fraction of sp³-hybridized carbons (Fsp3) is 0.583. The maximum atomic E-state index is 12.7. The van der Waals surface area contributed by atoms with Gasteiger partial charge >= 0.3 is 6.18 Å². The van der Waals surface area contributed by atoms with Crippen LogP contribution in [0, 0.1) is 5.92 Å². The van der Waals surface area contributed by atoms with Gasteiger partial charge in [0.2, 0.25) is 0 Å². The lowest BCUT2D eigenvalue weighted by atomic mass is 10.1. The molecule has 0 bridgehead atoms. The molecule has 0 radical (unpaired) electrons. The first-order valence-corrected chi connectivity index (χ1v) is 7.01. The van der Waals surface area contributed by atoms with E-state index in [1.54, 1.807) is 6.92 Å². The van der Waals surface area contributed by atoms with Crippen LogP contribution >= 0.6 is 23.2 Å². The molecule has 1 amide bonds. The zero-order chi connectivity index (χ0) is 15.8. The summed E-state index contributed by atoms with van der Waals surface area (Å²) in [4.78, 5) is 13.2. The molecule has 1 heterocycles. The van der Waals surface area contributed by atoms with Crippen LogP contribution in [0.5, 0.6) is 0 Å². The predicted octanol–water partition coefficient (Wildman–Crippen LogP) is 3.59. The average Bonchev–Trinajstić information content (AvgIpc) is 3.20. The van der Waals surface area contributed by atoms with E-state index in [9.17, 15) is 18.0 Å². The van der Waals surface area contributed by atoms with Crippen LogP contribution in [0.25, 0.3) is 0 Å². The van der Waals surface area contributed by atoms with Gasteiger partial charge in [0.1, 0.15) is 6.54 Å². The van der Waals surface area contributed by atoms with Gasteiger partial charge < -0.3 is 4.90 Å². The number of carbonyl (C=O) groups is 1. The third kappa shape index (κ3) is 4.20. The minimum Gasteiger partial charge on any atom is -0.326 e. The molecule has 116 valence electrons. The molecule has 0 aromatic carbocycles. The maximum absolute atomic E-state index is 12.7. The minimum absolute atomic E-state index is 0.0837. The average molecular weight is 342 g/mol. The second-order valence-electron chi connectivity index (χ2n) is 5.00. The minimum atomic E-state index is -4.49. The molecule has 1 aliphatic rings. The van der Waals surface area contributed by atoms with Crippen molar-refractivity contribution < 1.29 is 18.0 Å². The Balaban J connectivity index is 2.30. The highest BCUT2D eigenvalue weighted by Crippen LogP contribution is 2.37. The van der Waals surface area contributed by atoms with Crippen LogP contribution in [0.3, 0.4) is 0 Å². The Hall–Kier alpha value is -1.08. The molecule has 1 atom stereocenters. The molecule has 1 fully saturated rings.